The SMILES string of the molecule is Nc1n[nH]c(C(=O)O)c1-c1ccc(F)c(F)c1. The van der Waals surface area contributed by atoms with E-state index in [4.69, 9.17) is 10.8 Å². The molecular formula is C10H7F2N3O2. The molecule has 0 aliphatic rings. The van der Waals surface area contributed by atoms with Crippen molar-refractivity contribution in [2.45, 2.75) is 0 Å². The molecule has 0 saturated heterocycles. The number of halogens is 2. The molecule has 2 rings (SSSR count). The van der Waals surface area contributed by atoms with Gasteiger partial charge in [-0.1, -0.05) is 6.07 Å². The Hall–Kier alpha value is -2.44. The van der Waals surface area contributed by atoms with E-state index in [-0.39, 0.29) is 22.6 Å². The molecule has 4 N–H and O–H groups in total. The maximum atomic E-state index is 13.0. The first-order valence-electron chi connectivity index (χ1n) is 4.53. The Morgan fingerprint density at radius 3 is 2.65 bits per heavy atom. The predicted molar refractivity (Wildman–Crippen MR) is 55.3 cm³/mol. The van der Waals surface area contributed by atoms with E-state index in [9.17, 15) is 13.6 Å². The van der Waals surface area contributed by atoms with Crippen LogP contribution >= 0.6 is 0 Å². The van der Waals surface area contributed by atoms with Crippen LogP contribution in [-0.4, -0.2) is 21.3 Å². The Morgan fingerprint density at radius 1 is 1.35 bits per heavy atom. The van der Waals surface area contributed by atoms with E-state index in [1.807, 2.05) is 0 Å². The fourth-order valence-electron chi connectivity index (χ4n) is 1.45. The van der Waals surface area contributed by atoms with Crippen molar-refractivity contribution < 1.29 is 18.7 Å². The normalized spacial score (nSPS) is 10.5. The summed E-state index contributed by atoms with van der Waals surface area (Å²) < 4.78 is 25.8. The average Bonchev–Trinajstić information content (AvgIpc) is 2.64. The molecule has 88 valence electrons. The highest BCUT2D eigenvalue weighted by Crippen LogP contribution is 2.28. The summed E-state index contributed by atoms with van der Waals surface area (Å²) in [7, 11) is 0. The van der Waals surface area contributed by atoms with Gasteiger partial charge in [-0.05, 0) is 17.7 Å². The van der Waals surface area contributed by atoms with Crippen molar-refractivity contribution in [3.63, 3.8) is 0 Å². The summed E-state index contributed by atoms with van der Waals surface area (Å²) in [6, 6.07) is 2.98. The van der Waals surface area contributed by atoms with Gasteiger partial charge >= 0.3 is 5.97 Å². The third kappa shape index (κ3) is 1.82. The van der Waals surface area contributed by atoms with E-state index >= 15 is 0 Å². The standard InChI is InChI=1S/C10H7F2N3O2/c11-5-2-1-4(3-6(5)12)7-8(10(16)17)14-15-9(7)13/h1-3H,(H,16,17)(H3,13,14,15). The number of aromatic nitrogens is 2. The Balaban J connectivity index is 2.63. The quantitative estimate of drug-likeness (QED) is 0.742. The number of nitrogens with two attached hydrogens (primary N) is 1. The molecule has 2 aromatic rings. The maximum absolute atomic E-state index is 13.0. The molecule has 0 aliphatic heterocycles. The van der Waals surface area contributed by atoms with Gasteiger partial charge in [-0.25, -0.2) is 13.6 Å². The van der Waals surface area contributed by atoms with Crippen LogP contribution in [-0.2, 0) is 0 Å². The van der Waals surface area contributed by atoms with Gasteiger partial charge in [0.05, 0.1) is 5.56 Å². The van der Waals surface area contributed by atoms with Crippen molar-refractivity contribution in [1.29, 1.82) is 0 Å². The van der Waals surface area contributed by atoms with Gasteiger partial charge in [-0.3, -0.25) is 5.10 Å². The van der Waals surface area contributed by atoms with Crippen LogP contribution in [0.15, 0.2) is 18.2 Å². The summed E-state index contributed by atoms with van der Waals surface area (Å²) in [5.74, 6) is -3.48. The molecule has 5 nitrogen and oxygen atoms in total. The third-order valence-corrected chi connectivity index (χ3v) is 2.22. The van der Waals surface area contributed by atoms with E-state index in [0.29, 0.717) is 0 Å². The van der Waals surface area contributed by atoms with Crippen molar-refractivity contribution in [2.75, 3.05) is 5.73 Å². The van der Waals surface area contributed by atoms with Crippen molar-refractivity contribution >= 4 is 11.8 Å². The lowest BCUT2D eigenvalue weighted by atomic mass is 10.1. The maximum Gasteiger partial charge on any atom is 0.354 e. The summed E-state index contributed by atoms with van der Waals surface area (Å²) in [6.07, 6.45) is 0. The molecule has 0 atom stereocenters. The number of aromatic carboxylic acids is 1. The van der Waals surface area contributed by atoms with E-state index in [1.54, 1.807) is 0 Å². The summed E-state index contributed by atoms with van der Waals surface area (Å²) >= 11 is 0. The Labute approximate surface area is 93.9 Å². The van der Waals surface area contributed by atoms with Crippen LogP contribution in [0.1, 0.15) is 10.5 Å². The Kier molecular flexibility index (Phi) is 2.51. The minimum Gasteiger partial charge on any atom is -0.477 e. The van der Waals surface area contributed by atoms with E-state index in [2.05, 4.69) is 10.2 Å². The van der Waals surface area contributed by atoms with E-state index in [1.165, 1.54) is 6.07 Å². The zero-order chi connectivity index (χ0) is 12.6. The number of benzene rings is 1. The fraction of sp³-hybridized carbons (Fsp3) is 0. The second-order valence-electron chi connectivity index (χ2n) is 3.29. The molecule has 0 unspecified atom stereocenters. The van der Waals surface area contributed by atoms with Crippen LogP contribution < -0.4 is 5.73 Å². The van der Waals surface area contributed by atoms with Crippen LogP contribution in [0.2, 0.25) is 0 Å². The number of anilines is 1. The molecule has 0 saturated carbocycles. The molecule has 1 heterocycles. The third-order valence-electron chi connectivity index (χ3n) is 2.22. The second-order valence-corrected chi connectivity index (χ2v) is 3.29. The number of carbonyl (C=O) groups is 1. The zero-order valence-electron chi connectivity index (χ0n) is 8.37. The number of hydrogen-bond acceptors (Lipinski definition) is 3. The summed E-state index contributed by atoms with van der Waals surface area (Å²) in [4.78, 5) is 10.9. The van der Waals surface area contributed by atoms with Gasteiger partial charge < -0.3 is 10.8 Å². The first-order chi connectivity index (χ1) is 8.00. The molecule has 17 heavy (non-hydrogen) atoms. The largest absolute Gasteiger partial charge is 0.477 e. The molecule has 0 amide bonds. The summed E-state index contributed by atoms with van der Waals surface area (Å²) in [6.45, 7) is 0. The first kappa shape index (κ1) is 11.1. The van der Waals surface area contributed by atoms with Crippen LogP contribution in [0.3, 0.4) is 0 Å². The van der Waals surface area contributed by atoms with Gasteiger partial charge in [-0.2, -0.15) is 5.10 Å². The molecule has 0 fully saturated rings. The highest BCUT2D eigenvalue weighted by atomic mass is 19.2. The van der Waals surface area contributed by atoms with Gasteiger partial charge in [0.2, 0.25) is 0 Å². The molecule has 7 heteroatoms. The van der Waals surface area contributed by atoms with E-state index in [0.717, 1.165) is 12.1 Å². The van der Waals surface area contributed by atoms with Gasteiger partial charge in [0.1, 0.15) is 0 Å². The molecule has 0 bridgehead atoms. The number of hydrogen-bond donors (Lipinski definition) is 3. The van der Waals surface area contributed by atoms with E-state index < -0.39 is 17.6 Å². The van der Waals surface area contributed by atoms with Gasteiger partial charge in [0, 0.05) is 0 Å². The summed E-state index contributed by atoms with van der Waals surface area (Å²) in [5, 5.41) is 14.6. The predicted octanol–water partition coefficient (Wildman–Crippen LogP) is 1.64. The Morgan fingerprint density at radius 2 is 2.06 bits per heavy atom. The number of rotatable bonds is 2. The smallest absolute Gasteiger partial charge is 0.354 e. The topological polar surface area (TPSA) is 92.0 Å². The van der Waals surface area contributed by atoms with Gasteiger partial charge in [0.15, 0.2) is 23.1 Å². The number of nitrogens with zero attached hydrogens (tertiary/aromatic N) is 1. The van der Waals surface area contributed by atoms with Crippen molar-refractivity contribution in [2.24, 2.45) is 0 Å². The Bertz CT molecular complexity index is 595. The molecule has 0 radical (unpaired) electrons. The highest BCUT2D eigenvalue weighted by molar-refractivity contribution is 5.97. The summed E-state index contributed by atoms with van der Waals surface area (Å²) in [5.41, 5.74) is 5.39. The number of H-pyrrole nitrogens is 1. The second kappa shape index (κ2) is 3.85. The highest BCUT2D eigenvalue weighted by Gasteiger charge is 2.19. The molecule has 1 aromatic carbocycles. The molecular weight excluding hydrogens is 232 g/mol. The van der Waals surface area contributed by atoms with Crippen molar-refractivity contribution in [1.82, 2.24) is 10.2 Å². The minimum atomic E-state index is -1.28. The average molecular weight is 239 g/mol. The molecule has 1 aromatic heterocycles. The fourth-order valence-corrected chi connectivity index (χ4v) is 1.45. The number of carboxylic acids is 1. The minimum absolute atomic E-state index is 0.0383. The monoisotopic (exact) mass is 239 g/mol. The molecule has 0 aliphatic carbocycles. The zero-order valence-corrected chi connectivity index (χ0v) is 8.37. The molecule has 0 spiro atoms. The van der Waals surface area contributed by atoms with Crippen LogP contribution in [0, 0.1) is 11.6 Å². The number of carboxylic acid groups (broad SMARTS) is 1. The van der Waals surface area contributed by atoms with Gasteiger partial charge in [-0.15, -0.1) is 0 Å². The lowest BCUT2D eigenvalue weighted by molar-refractivity contribution is 0.0691. The van der Waals surface area contributed by atoms with Crippen LogP contribution in [0.5, 0.6) is 0 Å². The van der Waals surface area contributed by atoms with Crippen molar-refractivity contribution in [3.05, 3.63) is 35.5 Å². The van der Waals surface area contributed by atoms with Crippen molar-refractivity contribution in [3.8, 4) is 11.1 Å². The van der Waals surface area contributed by atoms with Crippen LogP contribution in [0.4, 0.5) is 14.6 Å². The first-order valence-corrected chi connectivity index (χ1v) is 4.53. The number of aromatic amines is 1. The van der Waals surface area contributed by atoms with Gasteiger partial charge in [0.25, 0.3) is 0 Å². The van der Waals surface area contributed by atoms with Crippen LogP contribution in [0.25, 0.3) is 11.1 Å². The lowest BCUT2D eigenvalue weighted by Crippen LogP contribution is -2.00. The number of nitrogens with one attached hydrogen (secondary N) is 1. The number of nitrogen functional groups attached to an aromatic ring is 1. The lowest BCUT2D eigenvalue weighted by Gasteiger charge is -2.02.